The maximum atomic E-state index is 11.4. The van der Waals surface area contributed by atoms with Gasteiger partial charge in [0, 0.05) is 37.3 Å². The van der Waals surface area contributed by atoms with Gasteiger partial charge < -0.3 is 4.57 Å². The van der Waals surface area contributed by atoms with Crippen molar-refractivity contribution in [3.05, 3.63) is 58.1 Å². The predicted molar refractivity (Wildman–Crippen MR) is 94.6 cm³/mol. The maximum absolute atomic E-state index is 11.4. The van der Waals surface area contributed by atoms with E-state index in [0.717, 1.165) is 26.1 Å². The number of carbonyl (C=O) groups is 1. The topological polar surface area (TPSA) is 57.5 Å². The van der Waals surface area contributed by atoms with Crippen molar-refractivity contribution in [3.8, 4) is 0 Å². The highest BCUT2D eigenvalue weighted by Crippen LogP contribution is 2.34. The molecule has 3 heterocycles. The molecule has 124 valence electrons. The second-order valence-corrected chi connectivity index (χ2v) is 7.18. The molecule has 2 aromatic heterocycles. The van der Waals surface area contributed by atoms with Crippen molar-refractivity contribution in [2.24, 2.45) is 0 Å². The summed E-state index contributed by atoms with van der Waals surface area (Å²) in [7, 11) is 2.16. The molecule has 0 saturated carbocycles. The highest BCUT2D eigenvalue weighted by Gasteiger charge is 2.22. The Morgan fingerprint density at radius 2 is 2.04 bits per heavy atom. The van der Waals surface area contributed by atoms with Crippen molar-refractivity contribution in [1.29, 1.82) is 0 Å². The molecule has 0 aliphatic carbocycles. The molecule has 0 atom stereocenters. The SMILES string of the molecule is CN1CCn2c(c(Cc3ccc(C(=O)NO)cc3)c3sccc32)C1. The molecule has 0 fully saturated rings. The summed E-state index contributed by atoms with van der Waals surface area (Å²) in [5.41, 5.74) is 7.44. The quantitative estimate of drug-likeness (QED) is 0.569. The summed E-state index contributed by atoms with van der Waals surface area (Å²) in [5.74, 6) is -0.481. The first kappa shape index (κ1) is 15.4. The number of hydrogen-bond donors (Lipinski definition) is 2. The van der Waals surface area contributed by atoms with Crippen molar-refractivity contribution in [2.45, 2.75) is 19.5 Å². The van der Waals surface area contributed by atoms with Gasteiger partial charge in [-0.1, -0.05) is 12.1 Å². The largest absolute Gasteiger partial charge is 0.341 e. The molecule has 0 unspecified atom stereocenters. The van der Waals surface area contributed by atoms with Crippen LogP contribution in [0.25, 0.3) is 10.2 Å². The van der Waals surface area contributed by atoms with Gasteiger partial charge in [0.1, 0.15) is 0 Å². The summed E-state index contributed by atoms with van der Waals surface area (Å²) in [5, 5.41) is 10.9. The minimum Gasteiger partial charge on any atom is -0.341 e. The van der Waals surface area contributed by atoms with Gasteiger partial charge in [-0.25, -0.2) is 5.48 Å². The summed E-state index contributed by atoms with van der Waals surface area (Å²) in [6.07, 6.45) is 0.855. The molecule has 4 rings (SSSR count). The van der Waals surface area contributed by atoms with E-state index >= 15 is 0 Å². The summed E-state index contributed by atoms with van der Waals surface area (Å²) in [4.78, 5) is 13.8. The minimum absolute atomic E-state index is 0.459. The van der Waals surface area contributed by atoms with Crippen LogP contribution in [0.4, 0.5) is 0 Å². The van der Waals surface area contributed by atoms with E-state index < -0.39 is 5.91 Å². The summed E-state index contributed by atoms with van der Waals surface area (Å²) in [6, 6.07) is 9.64. The zero-order chi connectivity index (χ0) is 16.7. The van der Waals surface area contributed by atoms with Crippen LogP contribution in [-0.2, 0) is 19.5 Å². The lowest BCUT2D eigenvalue weighted by molar-refractivity contribution is 0.0706. The Morgan fingerprint density at radius 3 is 2.79 bits per heavy atom. The number of amides is 1. The molecule has 1 aromatic carbocycles. The van der Waals surface area contributed by atoms with Gasteiger partial charge >= 0.3 is 0 Å². The van der Waals surface area contributed by atoms with Crippen LogP contribution in [0.1, 0.15) is 27.2 Å². The highest BCUT2D eigenvalue weighted by atomic mass is 32.1. The Bertz CT molecular complexity index is 895. The number of likely N-dealkylation sites (N-methyl/N-ethyl adjacent to an activating group) is 1. The van der Waals surface area contributed by atoms with Crippen molar-refractivity contribution in [1.82, 2.24) is 14.9 Å². The lowest BCUT2D eigenvalue weighted by atomic mass is 10.0. The zero-order valence-electron chi connectivity index (χ0n) is 13.5. The summed E-state index contributed by atoms with van der Waals surface area (Å²) in [6.45, 7) is 3.09. The lowest BCUT2D eigenvalue weighted by Gasteiger charge is -2.26. The fraction of sp³-hybridized carbons (Fsp3) is 0.278. The molecule has 6 heteroatoms. The molecule has 0 bridgehead atoms. The minimum atomic E-state index is -0.481. The van der Waals surface area contributed by atoms with E-state index in [1.807, 2.05) is 12.1 Å². The molecule has 0 radical (unpaired) electrons. The Kier molecular flexibility index (Phi) is 3.88. The van der Waals surface area contributed by atoms with Gasteiger partial charge in [-0.05, 0) is 41.8 Å². The van der Waals surface area contributed by atoms with Gasteiger partial charge in [0.15, 0.2) is 0 Å². The van der Waals surface area contributed by atoms with Crippen molar-refractivity contribution < 1.29 is 10.0 Å². The van der Waals surface area contributed by atoms with Crippen LogP contribution in [0.15, 0.2) is 35.7 Å². The molecule has 5 nitrogen and oxygen atoms in total. The van der Waals surface area contributed by atoms with Crippen LogP contribution in [0.5, 0.6) is 0 Å². The van der Waals surface area contributed by atoms with Crippen LogP contribution < -0.4 is 5.48 Å². The highest BCUT2D eigenvalue weighted by molar-refractivity contribution is 7.17. The van der Waals surface area contributed by atoms with E-state index in [4.69, 9.17) is 5.21 Å². The fourth-order valence-electron chi connectivity index (χ4n) is 3.45. The van der Waals surface area contributed by atoms with E-state index in [1.165, 1.54) is 27.0 Å². The first-order valence-electron chi connectivity index (χ1n) is 7.96. The van der Waals surface area contributed by atoms with E-state index in [9.17, 15) is 4.79 Å². The number of thiophene rings is 1. The number of aromatic nitrogens is 1. The lowest BCUT2D eigenvalue weighted by Crippen LogP contribution is -2.30. The molecular weight excluding hydrogens is 322 g/mol. The van der Waals surface area contributed by atoms with Gasteiger partial charge in [0.05, 0.1) is 10.2 Å². The van der Waals surface area contributed by atoms with Gasteiger partial charge in [0.25, 0.3) is 5.91 Å². The van der Waals surface area contributed by atoms with Gasteiger partial charge in [0.2, 0.25) is 0 Å². The van der Waals surface area contributed by atoms with E-state index in [2.05, 4.69) is 28.0 Å². The third kappa shape index (κ3) is 2.53. The van der Waals surface area contributed by atoms with E-state index in [0.29, 0.717) is 5.56 Å². The Hall–Kier alpha value is -2.15. The number of nitrogens with zero attached hydrogens (tertiary/aromatic N) is 2. The average molecular weight is 341 g/mol. The van der Waals surface area contributed by atoms with E-state index in [1.54, 1.807) is 28.9 Å². The number of carbonyl (C=O) groups excluding carboxylic acids is 1. The Balaban J connectivity index is 1.71. The molecule has 1 amide bonds. The first-order chi connectivity index (χ1) is 11.7. The van der Waals surface area contributed by atoms with E-state index in [-0.39, 0.29) is 0 Å². The first-order valence-corrected chi connectivity index (χ1v) is 8.84. The monoisotopic (exact) mass is 341 g/mol. The number of rotatable bonds is 3. The molecular formula is C18H19N3O2S. The molecule has 0 spiro atoms. The number of benzene rings is 1. The summed E-state index contributed by atoms with van der Waals surface area (Å²) >= 11 is 1.80. The Labute approximate surface area is 144 Å². The molecule has 24 heavy (non-hydrogen) atoms. The zero-order valence-corrected chi connectivity index (χ0v) is 14.3. The number of hydrogen-bond acceptors (Lipinski definition) is 4. The number of fused-ring (bicyclic) bond motifs is 3. The fourth-order valence-corrected chi connectivity index (χ4v) is 4.41. The predicted octanol–water partition coefficient (Wildman–Crippen LogP) is 2.86. The third-order valence-electron chi connectivity index (χ3n) is 4.71. The van der Waals surface area contributed by atoms with Gasteiger partial charge in [-0.15, -0.1) is 11.3 Å². The van der Waals surface area contributed by atoms with Crippen molar-refractivity contribution >= 4 is 27.5 Å². The standard InChI is InChI=1S/C18H19N3O2S/c1-20-7-8-21-15-6-9-24-17(15)14(16(21)11-20)10-12-2-4-13(5-3-12)18(22)19-23/h2-6,9,23H,7-8,10-11H2,1H3,(H,19,22). The molecule has 0 saturated heterocycles. The van der Waals surface area contributed by atoms with Crippen LogP contribution in [-0.4, -0.2) is 34.2 Å². The normalized spacial score (nSPS) is 14.8. The van der Waals surface area contributed by atoms with Gasteiger partial charge in [-0.3, -0.25) is 14.9 Å². The van der Waals surface area contributed by atoms with Crippen LogP contribution in [0.3, 0.4) is 0 Å². The number of hydroxylamine groups is 1. The van der Waals surface area contributed by atoms with Crippen LogP contribution >= 0.6 is 11.3 Å². The third-order valence-corrected chi connectivity index (χ3v) is 5.67. The van der Waals surface area contributed by atoms with Gasteiger partial charge in [-0.2, -0.15) is 0 Å². The Morgan fingerprint density at radius 1 is 1.25 bits per heavy atom. The molecule has 2 N–H and O–H groups in total. The second-order valence-electron chi connectivity index (χ2n) is 6.26. The second kappa shape index (κ2) is 6.05. The number of nitrogens with one attached hydrogen (secondary N) is 1. The average Bonchev–Trinajstić information content (AvgIpc) is 3.17. The maximum Gasteiger partial charge on any atom is 0.274 e. The van der Waals surface area contributed by atoms with Crippen LogP contribution in [0.2, 0.25) is 0 Å². The molecule has 1 aliphatic heterocycles. The van der Waals surface area contributed by atoms with Crippen LogP contribution in [0, 0.1) is 0 Å². The van der Waals surface area contributed by atoms with Crippen molar-refractivity contribution in [3.63, 3.8) is 0 Å². The summed E-state index contributed by atoms with van der Waals surface area (Å²) < 4.78 is 3.83. The van der Waals surface area contributed by atoms with Crippen molar-refractivity contribution in [2.75, 3.05) is 13.6 Å². The smallest absolute Gasteiger partial charge is 0.274 e. The molecule has 1 aliphatic rings. The molecule has 3 aromatic rings.